The molecule has 18 heavy (non-hydrogen) atoms. The molecule has 1 unspecified atom stereocenters. The first kappa shape index (κ1) is 13.3. The molecule has 1 aliphatic heterocycles. The molecule has 0 aliphatic carbocycles. The molecule has 1 N–H and O–H groups in total. The number of benzene rings is 1. The van der Waals surface area contributed by atoms with E-state index in [9.17, 15) is 4.79 Å². The maximum atomic E-state index is 12.9. The maximum absolute atomic E-state index is 12.9. The molecule has 0 spiro atoms. The zero-order valence-electron chi connectivity index (χ0n) is 11.5. The van der Waals surface area contributed by atoms with Gasteiger partial charge in [0.15, 0.2) is 5.78 Å². The number of carbonyl (C=O) groups is 1. The fraction of sp³-hybridized carbons (Fsp3) is 0.562. The molecule has 1 aromatic rings. The fourth-order valence-electron chi connectivity index (χ4n) is 3.08. The van der Waals surface area contributed by atoms with Gasteiger partial charge in [-0.3, -0.25) is 4.79 Å². The van der Waals surface area contributed by atoms with Gasteiger partial charge in [0.2, 0.25) is 0 Å². The van der Waals surface area contributed by atoms with Gasteiger partial charge in [-0.1, -0.05) is 37.6 Å². The van der Waals surface area contributed by atoms with E-state index in [-0.39, 0.29) is 5.41 Å². The van der Waals surface area contributed by atoms with Crippen LogP contribution < -0.4 is 5.32 Å². The van der Waals surface area contributed by atoms with Crippen LogP contribution in [0.15, 0.2) is 24.3 Å². The van der Waals surface area contributed by atoms with Crippen molar-refractivity contribution in [1.29, 1.82) is 0 Å². The Kier molecular flexibility index (Phi) is 4.18. The van der Waals surface area contributed by atoms with Crippen LogP contribution in [0.1, 0.15) is 48.5 Å². The van der Waals surface area contributed by atoms with Crippen molar-refractivity contribution in [1.82, 2.24) is 5.32 Å². The molecule has 1 heterocycles. The number of rotatable bonds is 4. The average Bonchev–Trinajstić information content (AvgIpc) is 2.40. The van der Waals surface area contributed by atoms with Crippen LogP contribution in [-0.4, -0.2) is 18.9 Å². The van der Waals surface area contributed by atoms with Gasteiger partial charge in [0.1, 0.15) is 0 Å². The summed E-state index contributed by atoms with van der Waals surface area (Å²) in [5.41, 5.74) is 1.84. The molecule has 98 valence electrons. The van der Waals surface area contributed by atoms with Crippen molar-refractivity contribution < 1.29 is 4.79 Å². The zero-order valence-corrected chi connectivity index (χ0v) is 11.5. The largest absolute Gasteiger partial charge is 0.316 e. The highest BCUT2D eigenvalue weighted by Gasteiger charge is 2.39. The summed E-state index contributed by atoms with van der Waals surface area (Å²) in [6, 6.07) is 7.97. The minimum Gasteiger partial charge on any atom is -0.316 e. The second-order valence-electron chi connectivity index (χ2n) is 5.45. The number of Topliss-reactive ketones (excluding diaryl/α,β-unsaturated/α-hetero) is 1. The molecular weight excluding hydrogens is 222 g/mol. The summed E-state index contributed by atoms with van der Waals surface area (Å²) < 4.78 is 0. The number of carbonyl (C=O) groups excluding carboxylic acids is 1. The third kappa shape index (κ3) is 2.49. The smallest absolute Gasteiger partial charge is 0.170 e. The highest BCUT2D eigenvalue weighted by molar-refractivity contribution is 6.01. The fourth-order valence-corrected chi connectivity index (χ4v) is 3.08. The lowest BCUT2D eigenvalue weighted by Gasteiger charge is -2.36. The first-order chi connectivity index (χ1) is 8.69. The van der Waals surface area contributed by atoms with Gasteiger partial charge in [-0.25, -0.2) is 0 Å². The third-order valence-electron chi connectivity index (χ3n) is 4.07. The van der Waals surface area contributed by atoms with E-state index in [2.05, 4.69) is 12.2 Å². The van der Waals surface area contributed by atoms with Gasteiger partial charge in [-0.05, 0) is 38.3 Å². The molecule has 2 heteroatoms. The van der Waals surface area contributed by atoms with Gasteiger partial charge >= 0.3 is 0 Å². The first-order valence-electron chi connectivity index (χ1n) is 7.01. The van der Waals surface area contributed by atoms with E-state index in [1.54, 1.807) is 0 Å². The van der Waals surface area contributed by atoms with Crippen molar-refractivity contribution in [2.45, 2.75) is 39.5 Å². The lowest BCUT2D eigenvalue weighted by atomic mass is 9.71. The number of nitrogens with one attached hydrogen (secondary N) is 1. The molecule has 0 radical (unpaired) electrons. The standard InChI is InChI=1S/C16H23NO/c1-3-9-16(10-6-11-17-12-16)15(18)14-8-5-4-7-13(14)2/h4-5,7-8,17H,3,6,9-12H2,1-2H3. The van der Waals surface area contributed by atoms with E-state index in [1.807, 2.05) is 31.2 Å². The van der Waals surface area contributed by atoms with Gasteiger partial charge in [-0.15, -0.1) is 0 Å². The molecule has 1 aromatic carbocycles. The van der Waals surface area contributed by atoms with Crippen molar-refractivity contribution in [3.05, 3.63) is 35.4 Å². The minimum atomic E-state index is -0.168. The van der Waals surface area contributed by atoms with E-state index >= 15 is 0 Å². The lowest BCUT2D eigenvalue weighted by molar-refractivity contribution is 0.0717. The summed E-state index contributed by atoms with van der Waals surface area (Å²) in [5, 5.41) is 3.41. The number of ketones is 1. The van der Waals surface area contributed by atoms with Crippen LogP contribution in [0, 0.1) is 12.3 Å². The van der Waals surface area contributed by atoms with E-state index < -0.39 is 0 Å². The van der Waals surface area contributed by atoms with E-state index in [0.717, 1.165) is 49.9 Å². The van der Waals surface area contributed by atoms with Gasteiger partial charge in [0.25, 0.3) is 0 Å². The lowest BCUT2D eigenvalue weighted by Crippen LogP contribution is -2.45. The second kappa shape index (κ2) is 5.66. The van der Waals surface area contributed by atoms with E-state index in [4.69, 9.17) is 0 Å². The van der Waals surface area contributed by atoms with E-state index in [0.29, 0.717) is 5.78 Å². The summed E-state index contributed by atoms with van der Waals surface area (Å²) in [7, 11) is 0. The molecule has 1 saturated heterocycles. The van der Waals surface area contributed by atoms with Gasteiger partial charge in [-0.2, -0.15) is 0 Å². The molecule has 0 saturated carbocycles. The van der Waals surface area contributed by atoms with Gasteiger partial charge in [0.05, 0.1) is 0 Å². The molecular formula is C16H23NO. The highest BCUT2D eigenvalue weighted by Crippen LogP contribution is 2.35. The van der Waals surface area contributed by atoms with Crippen LogP contribution in [0.4, 0.5) is 0 Å². The quantitative estimate of drug-likeness (QED) is 0.824. The monoisotopic (exact) mass is 245 g/mol. The Morgan fingerprint density at radius 1 is 1.39 bits per heavy atom. The average molecular weight is 245 g/mol. The SMILES string of the molecule is CCCC1(C(=O)c2ccccc2C)CCCNC1. The Morgan fingerprint density at radius 2 is 2.17 bits per heavy atom. The van der Waals surface area contributed by atoms with Crippen LogP contribution in [-0.2, 0) is 0 Å². The Labute approximate surface area is 110 Å². The van der Waals surface area contributed by atoms with Crippen molar-refractivity contribution in [3.8, 4) is 0 Å². The summed E-state index contributed by atoms with van der Waals surface area (Å²) in [6.07, 6.45) is 4.20. The summed E-state index contributed by atoms with van der Waals surface area (Å²) in [5.74, 6) is 0.342. The highest BCUT2D eigenvalue weighted by atomic mass is 16.1. The van der Waals surface area contributed by atoms with Crippen LogP contribution >= 0.6 is 0 Å². The minimum absolute atomic E-state index is 0.168. The number of aryl methyl sites for hydroxylation is 1. The molecule has 2 nitrogen and oxygen atoms in total. The number of piperidine rings is 1. The number of hydrogen-bond donors (Lipinski definition) is 1. The van der Waals surface area contributed by atoms with Crippen LogP contribution in [0.2, 0.25) is 0 Å². The van der Waals surface area contributed by atoms with Gasteiger partial charge in [0, 0.05) is 17.5 Å². The molecule has 1 aliphatic rings. The predicted octanol–water partition coefficient (Wildman–Crippen LogP) is 3.35. The molecule has 0 aromatic heterocycles. The van der Waals surface area contributed by atoms with Crippen molar-refractivity contribution in [2.24, 2.45) is 5.41 Å². The van der Waals surface area contributed by atoms with Crippen molar-refractivity contribution in [3.63, 3.8) is 0 Å². The molecule has 2 rings (SSSR count). The summed E-state index contributed by atoms with van der Waals surface area (Å²) in [6.45, 7) is 6.09. The Morgan fingerprint density at radius 3 is 2.78 bits per heavy atom. The van der Waals surface area contributed by atoms with Crippen LogP contribution in [0.25, 0.3) is 0 Å². The van der Waals surface area contributed by atoms with Crippen molar-refractivity contribution >= 4 is 5.78 Å². The van der Waals surface area contributed by atoms with Crippen LogP contribution in [0.5, 0.6) is 0 Å². The maximum Gasteiger partial charge on any atom is 0.170 e. The van der Waals surface area contributed by atoms with Crippen molar-refractivity contribution in [2.75, 3.05) is 13.1 Å². The Bertz CT molecular complexity index is 413. The van der Waals surface area contributed by atoms with Crippen LogP contribution in [0.3, 0.4) is 0 Å². The molecule has 0 bridgehead atoms. The van der Waals surface area contributed by atoms with Gasteiger partial charge < -0.3 is 5.32 Å². The zero-order chi connectivity index (χ0) is 13.0. The molecule has 0 amide bonds. The number of hydrogen-bond acceptors (Lipinski definition) is 2. The normalized spacial score (nSPS) is 23.9. The summed E-state index contributed by atoms with van der Waals surface area (Å²) >= 11 is 0. The third-order valence-corrected chi connectivity index (χ3v) is 4.07. The summed E-state index contributed by atoms with van der Waals surface area (Å²) in [4.78, 5) is 12.9. The predicted molar refractivity (Wildman–Crippen MR) is 75.0 cm³/mol. The Balaban J connectivity index is 2.31. The second-order valence-corrected chi connectivity index (χ2v) is 5.45. The Hall–Kier alpha value is -1.15. The first-order valence-corrected chi connectivity index (χ1v) is 7.01. The topological polar surface area (TPSA) is 29.1 Å². The molecule has 1 atom stereocenters. The molecule has 1 fully saturated rings. The van der Waals surface area contributed by atoms with E-state index in [1.165, 1.54) is 0 Å².